The number of halogens is 1. The highest BCUT2D eigenvalue weighted by atomic mass is 79.9. The number of hydrogen-bond acceptors (Lipinski definition) is 6. The molecule has 4 atom stereocenters. The number of rotatable bonds is 12. The van der Waals surface area contributed by atoms with Gasteiger partial charge in [0.05, 0.1) is 11.1 Å². The maximum absolute atomic E-state index is 13.4. The predicted molar refractivity (Wildman–Crippen MR) is 218 cm³/mol. The van der Waals surface area contributed by atoms with Crippen molar-refractivity contribution in [1.29, 1.82) is 0 Å². The minimum Gasteiger partial charge on any atom is -0.386 e. The van der Waals surface area contributed by atoms with E-state index in [0.717, 1.165) is 33.4 Å². The van der Waals surface area contributed by atoms with E-state index in [0.29, 0.717) is 0 Å². The molecule has 0 amide bonds. The van der Waals surface area contributed by atoms with Crippen molar-refractivity contribution in [3.63, 3.8) is 0 Å². The van der Waals surface area contributed by atoms with Crippen LogP contribution in [0, 0.1) is 0 Å². The molecule has 9 heteroatoms. The number of hydrogen-bond donors (Lipinski definition) is 2. The number of aromatic nitrogens is 2. The zero-order chi connectivity index (χ0) is 38.5. The van der Waals surface area contributed by atoms with E-state index in [-0.39, 0.29) is 11.1 Å². The molecule has 8 nitrogen and oxygen atoms in total. The second kappa shape index (κ2) is 16.2. The molecule has 0 aliphatic carbocycles. The van der Waals surface area contributed by atoms with Crippen molar-refractivity contribution in [3.05, 3.63) is 247 Å². The van der Waals surface area contributed by atoms with Crippen molar-refractivity contribution in [3.8, 4) is 0 Å². The Morgan fingerprint density at radius 1 is 0.589 bits per heavy atom. The normalized spacial score (nSPS) is 18.5. The van der Waals surface area contributed by atoms with E-state index in [1.54, 1.807) is 0 Å². The first-order valence-corrected chi connectivity index (χ1v) is 19.2. The van der Waals surface area contributed by atoms with Crippen LogP contribution in [0.15, 0.2) is 202 Å². The summed E-state index contributed by atoms with van der Waals surface area (Å²) in [6, 6.07) is 59.5. The molecule has 7 aromatic rings. The Bertz CT molecular complexity index is 2270. The van der Waals surface area contributed by atoms with Gasteiger partial charge in [-0.3, -0.25) is 14.3 Å². The van der Waals surface area contributed by atoms with Crippen LogP contribution in [0.25, 0.3) is 0 Å². The van der Waals surface area contributed by atoms with Crippen molar-refractivity contribution >= 4 is 15.9 Å². The number of nitrogens with one attached hydrogen (secondary N) is 1. The average molecular weight is 808 g/mol. The van der Waals surface area contributed by atoms with Crippen molar-refractivity contribution in [2.45, 2.75) is 35.7 Å². The van der Waals surface area contributed by atoms with E-state index in [4.69, 9.17) is 14.2 Å². The van der Waals surface area contributed by atoms with E-state index in [1.165, 1.54) is 10.8 Å². The van der Waals surface area contributed by atoms with Crippen molar-refractivity contribution in [1.82, 2.24) is 9.55 Å². The van der Waals surface area contributed by atoms with Gasteiger partial charge in [0, 0.05) is 6.20 Å². The summed E-state index contributed by atoms with van der Waals surface area (Å²) < 4.78 is 22.7. The molecule has 1 fully saturated rings. The highest BCUT2D eigenvalue weighted by Crippen LogP contribution is 2.46. The fourth-order valence-corrected chi connectivity index (χ4v) is 8.10. The highest BCUT2D eigenvalue weighted by molar-refractivity contribution is 9.10. The lowest BCUT2D eigenvalue weighted by molar-refractivity contribution is -0.131. The van der Waals surface area contributed by atoms with Gasteiger partial charge in [-0.05, 0) is 49.3 Å². The Morgan fingerprint density at radius 3 is 1.32 bits per heavy atom. The van der Waals surface area contributed by atoms with Crippen LogP contribution < -0.4 is 11.2 Å². The third-order valence-electron chi connectivity index (χ3n) is 10.4. The first-order chi connectivity index (χ1) is 27.4. The molecule has 56 heavy (non-hydrogen) atoms. The van der Waals surface area contributed by atoms with Gasteiger partial charge < -0.3 is 19.3 Å². The Labute approximate surface area is 332 Å². The van der Waals surface area contributed by atoms with Crippen LogP contribution in [-0.2, 0) is 25.4 Å². The molecule has 0 unspecified atom stereocenters. The van der Waals surface area contributed by atoms with Crippen LogP contribution in [0.3, 0.4) is 0 Å². The van der Waals surface area contributed by atoms with Gasteiger partial charge in [0.15, 0.2) is 6.23 Å². The lowest BCUT2D eigenvalue weighted by Crippen LogP contribution is -2.47. The van der Waals surface area contributed by atoms with Gasteiger partial charge in [0.25, 0.3) is 5.56 Å². The van der Waals surface area contributed by atoms with Crippen LogP contribution in [-0.4, -0.2) is 39.6 Å². The summed E-state index contributed by atoms with van der Waals surface area (Å²) in [5, 5.41) is 12.5. The number of nitrogens with zero attached hydrogens (tertiary/aromatic N) is 1. The Morgan fingerprint density at radius 2 is 0.946 bits per heavy atom. The summed E-state index contributed by atoms with van der Waals surface area (Å²) in [5.74, 6) is 0. The van der Waals surface area contributed by atoms with E-state index < -0.39 is 47.0 Å². The smallest absolute Gasteiger partial charge is 0.330 e. The fraction of sp³-hybridized carbons (Fsp3) is 0.149. The molecule has 0 bridgehead atoms. The molecule has 1 aromatic heterocycles. The molecule has 0 radical (unpaired) electrons. The van der Waals surface area contributed by atoms with Gasteiger partial charge >= 0.3 is 5.69 Å². The topological polar surface area (TPSA) is 103 Å². The number of aliphatic hydroxyl groups excluding tert-OH is 1. The highest BCUT2D eigenvalue weighted by Gasteiger charge is 2.52. The second-order valence-electron chi connectivity index (χ2n) is 13.7. The summed E-state index contributed by atoms with van der Waals surface area (Å²) >= 11 is 3.26. The maximum Gasteiger partial charge on any atom is 0.330 e. The van der Waals surface area contributed by atoms with Gasteiger partial charge in [-0.25, -0.2) is 4.79 Å². The van der Waals surface area contributed by atoms with E-state index in [1.807, 2.05) is 182 Å². The van der Waals surface area contributed by atoms with Crippen LogP contribution in [0.2, 0.25) is 0 Å². The minimum atomic E-state index is -1.41. The molecule has 8 rings (SSSR count). The summed E-state index contributed by atoms with van der Waals surface area (Å²) in [7, 11) is 0. The number of ether oxygens (including phenoxy) is 3. The van der Waals surface area contributed by atoms with Crippen molar-refractivity contribution in [2.75, 3.05) is 6.61 Å². The molecular weight excluding hydrogens is 768 g/mol. The minimum absolute atomic E-state index is 0.0787. The van der Waals surface area contributed by atoms with E-state index in [9.17, 15) is 14.7 Å². The zero-order valence-corrected chi connectivity index (χ0v) is 31.8. The largest absolute Gasteiger partial charge is 0.386 e. The Balaban J connectivity index is 1.30. The predicted octanol–water partition coefficient (Wildman–Crippen LogP) is 7.94. The van der Waals surface area contributed by atoms with E-state index in [2.05, 4.69) is 20.9 Å². The van der Waals surface area contributed by atoms with Crippen LogP contribution in [0.1, 0.15) is 39.6 Å². The number of aliphatic hydroxyl groups is 1. The first-order valence-electron chi connectivity index (χ1n) is 18.4. The monoisotopic (exact) mass is 806 g/mol. The third-order valence-corrected chi connectivity index (χ3v) is 10.9. The van der Waals surface area contributed by atoms with Gasteiger partial charge in [0.2, 0.25) is 0 Å². The molecule has 1 aliphatic rings. The lowest BCUT2D eigenvalue weighted by Gasteiger charge is -2.41. The summed E-state index contributed by atoms with van der Waals surface area (Å²) in [6.07, 6.45) is -3.36. The maximum atomic E-state index is 13.4. The summed E-state index contributed by atoms with van der Waals surface area (Å²) in [6.45, 7) is -0.0787. The molecular formula is C47H39BrN2O6. The molecule has 280 valence electrons. The summed E-state index contributed by atoms with van der Waals surface area (Å²) in [4.78, 5) is 28.1. The zero-order valence-electron chi connectivity index (χ0n) is 30.2. The average Bonchev–Trinajstić information content (AvgIpc) is 3.56. The number of H-pyrrole nitrogens is 1. The van der Waals surface area contributed by atoms with Gasteiger partial charge in [-0.1, -0.05) is 182 Å². The van der Waals surface area contributed by atoms with E-state index >= 15 is 0 Å². The SMILES string of the molecule is O=c1[nH]c(=O)n([C@@H]2O[C@H](COC(c3ccccc3)(c3ccccc3)c3ccccc3)[C@@H](OC(c3ccccc3)(c3ccccc3)c3ccccc3)[C@H]2O)cc1Br. The number of aromatic amines is 1. The molecule has 1 aliphatic heterocycles. The van der Waals surface area contributed by atoms with Crippen LogP contribution in [0.5, 0.6) is 0 Å². The standard InChI is InChI=1S/C47H39BrN2O6/c48-39-31-50(45(53)49-43(39)52)44-41(51)42(56-47(36-25-13-4-14-26-36,37-27-15-5-16-28-37)38-29-17-6-18-30-38)40(55-44)32-54-46(33-19-7-1-8-20-33,34-21-9-2-10-22-34)35-23-11-3-12-24-35/h1-31,40-42,44,51H,32H2,(H,49,52,53)/t40-,41-,42-,44-/m1/s1. The molecule has 2 N–H and O–H groups in total. The third kappa shape index (κ3) is 6.89. The van der Waals surface area contributed by atoms with Crippen LogP contribution in [0.4, 0.5) is 0 Å². The lowest BCUT2D eigenvalue weighted by atomic mass is 9.79. The molecule has 0 saturated carbocycles. The summed E-state index contributed by atoms with van der Waals surface area (Å²) in [5.41, 5.74) is 1.42. The van der Waals surface area contributed by atoms with Gasteiger partial charge in [-0.2, -0.15) is 0 Å². The van der Waals surface area contributed by atoms with Crippen molar-refractivity contribution < 1.29 is 19.3 Å². The molecule has 1 saturated heterocycles. The Kier molecular flexibility index (Phi) is 10.8. The van der Waals surface area contributed by atoms with Gasteiger partial charge in [0.1, 0.15) is 29.5 Å². The second-order valence-corrected chi connectivity index (χ2v) is 14.5. The molecule has 6 aromatic carbocycles. The fourth-order valence-electron chi connectivity index (χ4n) is 7.78. The Hall–Kier alpha value is -5.68. The first kappa shape index (κ1) is 37.3. The molecule has 2 heterocycles. The molecule has 0 spiro atoms. The van der Waals surface area contributed by atoms with Crippen molar-refractivity contribution in [2.24, 2.45) is 0 Å². The van der Waals surface area contributed by atoms with Gasteiger partial charge in [-0.15, -0.1) is 0 Å². The number of benzene rings is 6. The quantitative estimate of drug-likeness (QED) is 0.122. The van der Waals surface area contributed by atoms with Crippen LogP contribution >= 0.6 is 15.9 Å².